The third-order valence-corrected chi connectivity index (χ3v) is 5.73. The summed E-state index contributed by atoms with van der Waals surface area (Å²) in [5, 5.41) is 0.432. The van der Waals surface area contributed by atoms with Crippen molar-refractivity contribution in [3.63, 3.8) is 0 Å². The van der Waals surface area contributed by atoms with E-state index in [0.717, 1.165) is 18.7 Å². The Hall–Kier alpha value is -3.19. The number of likely N-dealkylation sites (N-methyl/N-ethyl adjacent to an activating group) is 1. The molecule has 0 saturated carbocycles. The molecule has 30 heavy (non-hydrogen) atoms. The molecule has 0 saturated heterocycles. The second-order valence-electron chi connectivity index (χ2n) is 7.25. The van der Waals surface area contributed by atoms with Gasteiger partial charge in [0.1, 0.15) is 11.3 Å². The van der Waals surface area contributed by atoms with Crippen molar-refractivity contribution >= 4 is 16.9 Å². The number of hydrogen-bond acceptors (Lipinski definition) is 6. The van der Waals surface area contributed by atoms with E-state index in [0.29, 0.717) is 35.4 Å². The SMILES string of the molecule is CCN(CC)CCN1C(=O)c2oc3cc(OC)ccc3c(=O)c2C1c1cccnc1. The second kappa shape index (κ2) is 8.28. The molecule has 1 atom stereocenters. The Morgan fingerprint density at radius 2 is 2.00 bits per heavy atom. The molecule has 0 spiro atoms. The van der Waals surface area contributed by atoms with E-state index in [4.69, 9.17) is 9.15 Å². The van der Waals surface area contributed by atoms with Crippen LogP contribution in [-0.4, -0.2) is 54.0 Å². The maximum Gasteiger partial charge on any atom is 0.290 e. The molecule has 1 aromatic carbocycles. The molecule has 3 aromatic rings. The molecule has 0 fully saturated rings. The van der Waals surface area contributed by atoms with E-state index < -0.39 is 6.04 Å². The molecule has 1 unspecified atom stereocenters. The van der Waals surface area contributed by atoms with E-state index in [9.17, 15) is 9.59 Å². The molecule has 1 aliphatic rings. The maximum absolute atomic E-state index is 13.4. The van der Waals surface area contributed by atoms with Crippen LogP contribution in [0.3, 0.4) is 0 Å². The third kappa shape index (κ3) is 3.35. The highest BCUT2D eigenvalue weighted by atomic mass is 16.5. The van der Waals surface area contributed by atoms with Crippen LogP contribution in [-0.2, 0) is 0 Å². The van der Waals surface area contributed by atoms with Crippen molar-refractivity contribution < 1.29 is 13.9 Å². The molecule has 0 bridgehead atoms. The number of nitrogens with zero attached hydrogens (tertiary/aromatic N) is 3. The number of carbonyl (C=O) groups is 1. The average Bonchev–Trinajstić information content (AvgIpc) is 3.06. The highest BCUT2D eigenvalue weighted by Gasteiger charge is 2.42. The number of hydrogen-bond donors (Lipinski definition) is 0. The molecule has 7 heteroatoms. The van der Waals surface area contributed by atoms with Crippen LogP contribution in [0.5, 0.6) is 5.75 Å². The summed E-state index contributed by atoms with van der Waals surface area (Å²) < 4.78 is 11.2. The van der Waals surface area contributed by atoms with Crippen molar-refractivity contribution in [2.45, 2.75) is 19.9 Å². The fourth-order valence-corrected chi connectivity index (χ4v) is 4.03. The molecule has 0 aliphatic carbocycles. The number of aromatic nitrogens is 1. The smallest absolute Gasteiger partial charge is 0.290 e. The molecule has 1 amide bonds. The number of ether oxygens (including phenoxy) is 1. The van der Waals surface area contributed by atoms with Gasteiger partial charge < -0.3 is 19.0 Å². The number of fused-ring (bicyclic) bond motifs is 2. The largest absolute Gasteiger partial charge is 0.497 e. The minimum atomic E-state index is -0.514. The van der Waals surface area contributed by atoms with E-state index in [1.54, 1.807) is 42.6 Å². The summed E-state index contributed by atoms with van der Waals surface area (Å²) in [7, 11) is 1.55. The zero-order chi connectivity index (χ0) is 21.3. The van der Waals surface area contributed by atoms with Crippen LogP contribution in [0, 0.1) is 0 Å². The Morgan fingerprint density at radius 1 is 1.20 bits per heavy atom. The summed E-state index contributed by atoms with van der Waals surface area (Å²) >= 11 is 0. The Balaban J connectivity index is 1.86. The van der Waals surface area contributed by atoms with Gasteiger partial charge in [-0.3, -0.25) is 14.6 Å². The normalized spacial score (nSPS) is 15.8. The lowest BCUT2D eigenvalue weighted by atomic mass is 10.00. The van der Waals surface area contributed by atoms with Gasteiger partial charge in [0.25, 0.3) is 5.91 Å². The second-order valence-corrected chi connectivity index (χ2v) is 7.25. The predicted molar refractivity (Wildman–Crippen MR) is 114 cm³/mol. The molecular formula is C23H25N3O4. The standard InChI is InChI=1S/C23H25N3O4/c1-4-25(5-2)11-12-26-20(15-7-6-10-24-14-15)19-21(27)17-9-8-16(29-3)13-18(17)30-22(19)23(26)28/h6-10,13-14,20H,4-5,11-12H2,1-3H3. The van der Waals surface area contributed by atoms with Gasteiger partial charge in [0.05, 0.1) is 24.1 Å². The molecule has 156 valence electrons. The first-order valence-electron chi connectivity index (χ1n) is 10.2. The lowest BCUT2D eigenvalue weighted by Crippen LogP contribution is -2.37. The van der Waals surface area contributed by atoms with Gasteiger partial charge in [-0.1, -0.05) is 19.9 Å². The van der Waals surface area contributed by atoms with Gasteiger partial charge in [-0.25, -0.2) is 0 Å². The van der Waals surface area contributed by atoms with Crippen LogP contribution in [0.15, 0.2) is 51.9 Å². The number of methoxy groups -OCH3 is 1. The third-order valence-electron chi connectivity index (χ3n) is 5.73. The molecule has 0 N–H and O–H groups in total. The molecule has 4 rings (SSSR count). The zero-order valence-electron chi connectivity index (χ0n) is 17.4. The first-order valence-corrected chi connectivity index (χ1v) is 10.2. The quantitative estimate of drug-likeness (QED) is 0.599. The monoisotopic (exact) mass is 407 g/mol. The van der Waals surface area contributed by atoms with Crippen molar-refractivity contribution in [3.8, 4) is 5.75 Å². The summed E-state index contributed by atoms with van der Waals surface area (Å²) in [5.74, 6) is 0.403. The number of pyridine rings is 1. The van der Waals surface area contributed by atoms with Crippen LogP contribution >= 0.6 is 0 Å². The zero-order valence-corrected chi connectivity index (χ0v) is 17.4. The summed E-state index contributed by atoms with van der Waals surface area (Å²) in [6, 6.07) is 8.24. The fourth-order valence-electron chi connectivity index (χ4n) is 4.03. The van der Waals surface area contributed by atoms with Gasteiger partial charge in [0.2, 0.25) is 5.76 Å². The van der Waals surface area contributed by atoms with E-state index in [2.05, 4.69) is 23.7 Å². The Morgan fingerprint density at radius 3 is 2.67 bits per heavy atom. The van der Waals surface area contributed by atoms with Crippen molar-refractivity contribution in [2.24, 2.45) is 0 Å². The summed E-state index contributed by atoms with van der Waals surface area (Å²) in [6.45, 7) is 7.17. The molecule has 1 aliphatic heterocycles. The highest BCUT2D eigenvalue weighted by molar-refractivity contribution is 5.99. The predicted octanol–water partition coefficient (Wildman–Crippen LogP) is 3.08. The summed E-state index contributed by atoms with van der Waals surface area (Å²) in [6.07, 6.45) is 3.38. The van der Waals surface area contributed by atoms with E-state index in [1.807, 2.05) is 12.1 Å². The first kappa shape index (κ1) is 20.1. The lowest BCUT2D eigenvalue weighted by Gasteiger charge is -2.27. The molecule has 2 aromatic heterocycles. The first-order chi connectivity index (χ1) is 14.6. The van der Waals surface area contributed by atoms with Gasteiger partial charge in [-0.2, -0.15) is 0 Å². The fraction of sp³-hybridized carbons (Fsp3) is 0.348. The van der Waals surface area contributed by atoms with Gasteiger partial charge in [0, 0.05) is 31.5 Å². The minimum Gasteiger partial charge on any atom is -0.497 e. The average molecular weight is 407 g/mol. The van der Waals surface area contributed by atoms with Crippen molar-refractivity contribution in [2.75, 3.05) is 33.3 Å². The Bertz CT molecular complexity index is 1120. The van der Waals surface area contributed by atoms with Crippen molar-refractivity contribution in [1.82, 2.24) is 14.8 Å². The highest BCUT2D eigenvalue weighted by Crippen LogP contribution is 2.38. The van der Waals surface area contributed by atoms with Crippen LogP contribution in [0.2, 0.25) is 0 Å². The van der Waals surface area contributed by atoms with Gasteiger partial charge in [-0.15, -0.1) is 0 Å². The van der Waals surface area contributed by atoms with Crippen LogP contribution < -0.4 is 10.2 Å². The van der Waals surface area contributed by atoms with Crippen LogP contribution in [0.1, 0.15) is 41.6 Å². The summed E-state index contributed by atoms with van der Waals surface area (Å²) in [4.78, 5) is 35.0. The van der Waals surface area contributed by atoms with Crippen LogP contribution in [0.4, 0.5) is 0 Å². The van der Waals surface area contributed by atoms with Gasteiger partial charge in [-0.05, 0) is 36.9 Å². The van der Waals surface area contributed by atoms with Crippen LogP contribution in [0.25, 0.3) is 11.0 Å². The minimum absolute atomic E-state index is 0.106. The number of carbonyl (C=O) groups excluding carboxylic acids is 1. The maximum atomic E-state index is 13.4. The molecule has 3 heterocycles. The number of rotatable bonds is 7. The molecular weight excluding hydrogens is 382 g/mol. The number of benzene rings is 1. The summed E-state index contributed by atoms with van der Waals surface area (Å²) in [5.41, 5.74) is 1.33. The van der Waals surface area contributed by atoms with E-state index in [1.165, 1.54) is 0 Å². The topological polar surface area (TPSA) is 75.9 Å². The number of amides is 1. The van der Waals surface area contributed by atoms with Crippen molar-refractivity contribution in [3.05, 3.63) is 69.8 Å². The van der Waals surface area contributed by atoms with Gasteiger partial charge in [0.15, 0.2) is 5.43 Å². The van der Waals surface area contributed by atoms with Crippen molar-refractivity contribution in [1.29, 1.82) is 0 Å². The van der Waals surface area contributed by atoms with E-state index in [-0.39, 0.29) is 17.1 Å². The Labute approximate surface area is 174 Å². The molecule has 7 nitrogen and oxygen atoms in total. The molecule has 0 radical (unpaired) electrons. The van der Waals surface area contributed by atoms with E-state index >= 15 is 0 Å². The van der Waals surface area contributed by atoms with Gasteiger partial charge >= 0.3 is 0 Å². The lowest BCUT2D eigenvalue weighted by molar-refractivity contribution is 0.0708. The Kier molecular flexibility index (Phi) is 5.55.